The zero-order valence-corrected chi connectivity index (χ0v) is 15.7. The van der Waals surface area contributed by atoms with Crippen molar-refractivity contribution in [1.82, 2.24) is 14.5 Å². The molecule has 0 aliphatic heterocycles. The van der Waals surface area contributed by atoms with Crippen molar-refractivity contribution in [3.63, 3.8) is 0 Å². The Labute approximate surface area is 166 Å². The Morgan fingerprint density at radius 2 is 1.76 bits per heavy atom. The number of nitrogens with zero attached hydrogens (tertiary/aromatic N) is 3. The summed E-state index contributed by atoms with van der Waals surface area (Å²) in [7, 11) is 1.70. The third-order valence-corrected chi connectivity index (χ3v) is 4.43. The maximum Gasteiger partial charge on any atom is 0.262 e. The molecule has 1 N–H and O–H groups in total. The molecule has 0 saturated heterocycles. The topological polar surface area (TPSA) is 86.1 Å². The summed E-state index contributed by atoms with van der Waals surface area (Å²) in [4.78, 5) is 33.1. The van der Waals surface area contributed by atoms with Gasteiger partial charge in [0.25, 0.3) is 11.5 Å². The van der Waals surface area contributed by atoms with Crippen LogP contribution >= 0.6 is 0 Å². The number of carbonyl (C=O) groups excluding carboxylic acids is 1. The summed E-state index contributed by atoms with van der Waals surface area (Å²) >= 11 is 0. The summed E-state index contributed by atoms with van der Waals surface area (Å²) in [5, 5.41) is 3.31. The summed E-state index contributed by atoms with van der Waals surface area (Å²) in [5.74, 6) is 0.846. The third-order valence-electron chi connectivity index (χ3n) is 4.43. The van der Waals surface area contributed by atoms with Gasteiger partial charge in [-0.05, 0) is 48.5 Å². The third kappa shape index (κ3) is 3.98. The number of anilines is 1. The molecule has 7 heteroatoms. The van der Waals surface area contributed by atoms with E-state index in [0.29, 0.717) is 28.2 Å². The number of rotatable bonds is 5. The van der Waals surface area contributed by atoms with E-state index in [1.807, 2.05) is 30.3 Å². The average molecular weight is 386 g/mol. The normalized spacial score (nSPS) is 10.7. The van der Waals surface area contributed by atoms with Gasteiger partial charge in [-0.2, -0.15) is 0 Å². The van der Waals surface area contributed by atoms with E-state index >= 15 is 0 Å². The molecule has 2 heterocycles. The van der Waals surface area contributed by atoms with Gasteiger partial charge in [0.05, 0.1) is 10.9 Å². The van der Waals surface area contributed by atoms with Crippen LogP contribution in [0.1, 0.15) is 0 Å². The maximum atomic E-state index is 12.6. The van der Waals surface area contributed by atoms with Crippen molar-refractivity contribution < 1.29 is 9.53 Å². The van der Waals surface area contributed by atoms with Crippen LogP contribution < -0.4 is 15.6 Å². The standard InChI is InChI=1S/C22H18N4O3/c1-26-21(25-19-5-3-2-4-18(19)22(26)28)15-6-8-17(9-7-15)29-14-20(27)24-16-10-12-23-13-11-16/h2-13H,14H2,1H3,(H,23,24,27). The number of hydrogen-bond donors (Lipinski definition) is 1. The van der Waals surface area contributed by atoms with Crippen LogP contribution in [0.3, 0.4) is 0 Å². The number of carbonyl (C=O) groups is 1. The SMILES string of the molecule is Cn1c(-c2ccc(OCC(=O)Nc3ccncc3)cc2)nc2ccccc2c1=O. The molecule has 0 unspecified atom stereocenters. The molecular weight excluding hydrogens is 368 g/mol. The number of nitrogens with one attached hydrogen (secondary N) is 1. The van der Waals surface area contributed by atoms with Crippen LogP contribution in [0, 0.1) is 0 Å². The van der Waals surface area contributed by atoms with E-state index in [0.717, 1.165) is 5.56 Å². The van der Waals surface area contributed by atoms with Gasteiger partial charge in [-0.15, -0.1) is 0 Å². The Hall–Kier alpha value is -4.00. The first-order valence-corrected chi connectivity index (χ1v) is 9.01. The van der Waals surface area contributed by atoms with Crippen LogP contribution in [0.4, 0.5) is 5.69 Å². The molecule has 2 aromatic carbocycles. The Kier molecular flexibility index (Phi) is 5.03. The Morgan fingerprint density at radius 1 is 1.03 bits per heavy atom. The molecule has 4 rings (SSSR count). The molecule has 0 bridgehead atoms. The number of ether oxygens (including phenoxy) is 1. The largest absolute Gasteiger partial charge is 0.484 e. The number of pyridine rings is 1. The first-order chi connectivity index (χ1) is 14.1. The lowest BCUT2D eigenvalue weighted by molar-refractivity contribution is -0.118. The van der Waals surface area contributed by atoms with Crippen LogP contribution in [0.25, 0.3) is 22.3 Å². The molecule has 0 aliphatic carbocycles. The quantitative estimate of drug-likeness (QED) is 0.570. The number of fused-ring (bicyclic) bond motifs is 1. The smallest absolute Gasteiger partial charge is 0.262 e. The Balaban J connectivity index is 1.48. The first-order valence-electron chi connectivity index (χ1n) is 9.01. The lowest BCUT2D eigenvalue weighted by Crippen LogP contribution is -2.20. The molecule has 0 spiro atoms. The van der Waals surface area contributed by atoms with Crippen molar-refractivity contribution in [2.75, 3.05) is 11.9 Å². The summed E-state index contributed by atoms with van der Waals surface area (Å²) in [6.45, 7) is -0.117. The predicted octanol–water partition coefficient (Wildman–Crippen LogP) is 3.01. The fourth-order valence-corrected chi connectivity index (χ4v) is 2.96. The van der Waals surface area contributed by atoms with Gasteiger partial charge in [0, 0.05) is 30.7 Å². The highest BCUT2D eigenvalue weighted by Crippen LogP contribution is 2.21. The van der Waals surface area contributed by atoms with E-state index in [2.05, 4.69) is 15.3 Å². The minimum absolute atomic E-state index is 0.0984. The van der Waals surface area contributed by atoms with Crippen molar-refractivity contribution in [1.29, 1.82) is 0 Å². The molecule has 0 fully saturated rings. The molecule has 2 aromatic heterocycles. The second-order valence-corrected chi connectivity index (χ2v) is 6.41. The molecular formula is C22H18N4O3. The van der Waals surface area contributed by atoms with E-state index in [9.17, 15) is 9.59 Å². The van der Waals surface area contributed by atoms with E-state index in [4.69, 9.17) is 4.74 Å². The lowest BCUT2D eigenvalue weighted by atomic mass is 10.1. The van der Waals surface area contributed by atoms with Crippen LogP contribution in [-0.4, -0.2) is 27.0 Å². The maximum absolute atomic E-state index is 12.6. The summed E-state index contributed by atoms with van der Waals surface area (Å²) in [6, 6.07) is 17.8. The average Bonchev–Trinajstić information content (AvgIpc) is 2.76. The fourth-order valence-electron chi connectivity index (χ4n) is 2.96. The molecule has 0 radical (unpaired) electrons. The summed E-state index contributed by atoms with van der Waals surface area (Å²) in [5.41, 5.74) is 1.99. The molecule has 4 aromatic rings. The highest BCUT2D eigenvalue weighted by atomic mass is 16.5. The second kappa shape index (κ2) is 7.93. The lowest BCUT2D eigenvalue weighted by Gasteiger charge is -2.11. The van der Waals surface area contributed by atoms with Crippen molar-refractivity contribution >= 4 is 22.5 Å². The molecule has 0 saturated carbocycles. The molecule has 144 valence electrons. The van der Waals surface area contributed by atoms with Gasteiger partial charge in [-0.3, -0.25) is 19.1 Å². The predicted molar refractivity (Wildman–Crippen MR) is 111 cm³/mol. The highest BCUT2D eigenvalue weighted by molar-refractivity contribution is 5.91. The van der Waals surface area contributed by atoms with Crippen LogP contribution in [-0.2, 0) is 11.8 Å². The zero-order chi connectivity index (χ0) is 20.2. The van der Waals surface area contributed by atoms with Gasteiger partial charge in [0.15, 0.2) is 6.61 Å². The summed E-state index contributed by atoms with van der Waals surface area (Å²) in [6.07, 6.45) is 3.20. The van der Waals surface area contributed by atoms with Gasteiger partial charge < -0.3 is 10.1 Å². The van der Waals surface area contributed by atoms with Crippen molar-refractivity contribution in [2.45, 2.75) is 0 Å². The molecule has 1 amide bonds. The zero-order valence-electron chi connectivity index (χ0n) is 15.7. The number of benzene rings is 2. The minimum atomic E-state index is -0.265. The molecule has 0 aliphatic rings. The van der Waals surface area contributed by atoms with Gasteiger partial charge in [0.1, 0.15) is 11.6 Å². The van der Waals surface area contributed by atoms with E-state index < -0.39 is 0 Å². The first kappa shape index (κ1) is 18.4. The van der Waals surface area contributed by atoms with Crippen LogP contribution in [0.15, 0.2) is 77.9 Å². The monoisotopic (exact) mass is 386 g/mol. The highest BCUT2D eigenvalue weighted by Gasteiger charge is 2.10. The number of amides is 1. The van der Waals surface area contributed by atoms with Gasteiger partial charge in [-0.25, -0.2) is 4.98 Å². The van der Waals surface area contributed by atoms with Crippen molar-refractivity contribution in [3.05, 3.63) is 83.4 Å². The number of para-hydroxylation sites is 1. The Morgan fingerprint density at radius 3 is 2.52 bits per heavy atom. The van der Waals surface area contributed by atoms with Crippen molar-refractivity contribution in [2.24, 2.45) is 7.05 Å². The molecule has 7 nitrogen and oxygen atoms in total. The Bertz CT molecular complexity index is 1220. The fraction of sp³-hybridized carbons (Fsp3) is 0.0909. The summed E-state index contributed by atoms with van der Waals surface area (Å²) < 4.78 is 7.07. The van der Waals surface area contributed by atoms with E-state index in [1.165, 1.54) is 4.57 Å². The van der Waals surface area contributed by atoms with Gasteiger partial charge in [0.2, 0.25) is 0 Å². The number of hydrogen-bond acceptors (Lipinski definition) is 5. The minimum Gasteiger partial charge on any atom is -0.484 e. The van der Waals surface area contributed by atoms with Gasteiger partial charge >= 0.3 is 0 Å². The van der Waals surface area contributed by atoms with Gasteiger partial charge in [-0.1, -0.05) is 12.1 Å². The van der Waals surface area contributed by atoms with Crippen molar-refractivity contribution in [3.8, 4) is 17.1 Å². The number of aromatic nitrogens is 3. The van der Waals surface area contributed by atoms with Crippen LogP contribution in [0.5, 0.6) is 5.75 Å². The van der Waals surface area contributed by atoms with E-state index in [1.54, 1.807) is 49.8 Å². The van der Waals surface area contributed by atoms with E-state index in [-0.39, 0.29) is 18.1 Å². The van der Waals surface area contributed by atoms with Crippen LogP contribution in [0.2, 0.25) is 0 Å². The molecule has 0 atom stereocenters. The molecule has 29 heavy (non-hydrogen) atoms. The second-order valence-electron chi connectivity index (χ2n) is 6.41.